The van der Waals surface area contributed by atoms with Gasteiger partial charge in [-0.25, -0.2) is 5.06 Å². The molecule has 0 aliphatic carbocycles. The van der Waals surface area contributed by atoms with Gasteiger partial charge in [0.25, 0.3) is 5.91 Å². The number of fused-ring (bicyclic) bond motifs is 4. The maximum Gasteiger partial charge on any atom is 0.278 e. The molecule has 2 saturated heterocycles. The number of hydrogen-bond donors (Lipinski definition) is 1. The SMILES string of the molecule is CON(C(=O)c1cccc2c1CCN1C(=O)[C@H]3CCCN[C@H]3C[C@H]21)[C@H](C)c1ccccc1. The monoisotopic (exact) mass is 433 g/mol. The third kappa shape index (κ3) is 3.51. The van der Waals surface area contributed by atoms with Crippen LogP contribution in [0.3, 0.4) is 0 Å². The Morgan fingerprint density at radius 3 is 2.78 bits per heavy atom. The number of benzene rings is 2. The molecule has 4 atom stereocenters. The van der Waals surface area contributed by atoms with Gasteiger partial charge in [-0.05, 0) is 61.9 Å². The van der Waals surface area contributed by atoms with E-state index in [1.54, 1.807) is 7.11 Å². The lowest BCUT2D eigenvalue weighted by Crippen LogP contribution is -2.57. The van der Waals surface area contributed by atoms with Crippen molar-refractivity contribution in [3.8, 4) is 0 Å². The smallest absolute Gasteiger partial charge is 0.278 e. The van der Waals surface area contributed by atoms with Crippen molar-refractivity contribution in [2.24, 2.45) is 5.92 Å². The van der Waals surface area contributed by atoms with E-state index >= 15 is 0 Å². The topological polar surface area (TPSA) is 61.9 Å². The summed E-state index contributed by atoms with van der Waals surface area (Å²) < 4.78 is 0. The van der Waals surface area contributed by atoms with Crippen LogP contribution in [0.15, 0.2) is 48.5 Å². The number of carbonyl (C=O) groups is 2. The zero-order valence-corrected chi connectivity index (χ0v) is 18.8. The van der Waals surface area contributed by atoms with Crippen LogP contribution in [0.2, 0.25) is 0 Å². The van der Waals surface area contributed by atoms with Crippen LogP contribution in [0.25, 0.3) is 0 Å². The molecule has 168 valence electrons. The van der Waals surface area contributed by atoms with Crippen molar-refractivity contribution in [1.29, 1.82) is 0 Å². The molecule has 0 saturated carbocycles. The Morgan fingerprint density at radius 2 is 2.00 bits per heavy atom. The van der Waals surface area contributed by atoms with E-state index in [1.165, 1.54) is 5.06 Å². The summed E-state index contributed by atoms with van der Waals surface area (Å²) in [6.07, 6.45) is 3.65. The second-order valence-corrected chi connectivity index (χ2v) is 9.12. The van der Waals surface area contributed by atoms with Crippen LogP contribution in [-0.2, 0) is 16.1 Å². The summed E-state index contributed by atoms with van der Waals surface area (Å²) in [4.78, 5) is 34.5. The van der Waals surface area contributed by atoms with Gasteiger partial charge in [-0.1, -0.05) is 42.5 Å². The molecular formula is C26H31N3O3. The number of nitrogens with one attached hydrogen (secondary N) is 1. The molecule has 3 heterocycles. The molecule has 0 spiro atoms. The molecule has 5 rings (SSSR count). The van der Waals surface area contributed by atoms with Gasteiger partial charge in [-0.15, -0.1) is 0 Å². The first-order valence-electron chi connectivity index (χ1n) is 11.7. The minimum Gasteiger partial charge on any atom is -0.335 e. The fourth-order valence-corrected chi connectivity index (χ4v) is 5.82. The highest BCUT2D eigenvalue weighted by molar-refractivity contribution is 5.96. The van der Waals surface area contributed by atoms with E-state index in [0.29, 0.717) is 18.5 Å². The molecule has 0 radical (unpaired) electrons. The van der Waals surface area contributed by atoms with Crippen LogP contribution in [0.5, 0.6) is 0 Å². The summed E-state index contributed by atoms with van der Waals surface area (Å²) >= 11 is 0. The summed E-state index contributed by atoms with van der Waals surface area (Å²) in [7, 11) is 1.54. The van der Waals surface area contributed by atoms with Crippen LogP contribution >= 0.6 is 0 Å². The summed E-state index contributed by atoms with van der Waals surface area (Å²) in [5.41, 5.74) is 3.87. The van der Waals surface area contributed by atoms with Gasteiger partial charge in [-0.3, -0.25) is 14.4 Å². The number of hydrogen-bond acceptors (Lipinski definition) is 4. The molecule has 6 heteroatoms. The number of hydroxylamine groups is 2. The lowest BCUT2D eigenvalue weighted by molar-refractivity contribution is -0.145. The molecule has 0 unspecified atom stereocenters. The van der Waals surface area contributed by atoms with Gasteiger partial charge in [0.1, 0.15) is 0 Å². The molecule has 1 N–H and O–H groups in total. The molecule has 3 aliphatic heterocycles. The molecule has 0 bridgehead atoms. The van der Waals surface area contributed by atoms with Crippen LogP contribution < -0.4 is 5.32 Å². The standard InChI is InChI=1S/C26H31N3O3/c1-17(18-8-4-3-5-9-18)29(32-2)26(31)21-11-6-10-20-19(21)13-15-28-24(20)16-23-22(25(28)30)12-7-14-27-23/h3-6,8-11,17,22-24,27H,7,12-16H2,1-2H3/t17-,22+,23+,24-/m1/s1. The number of carbonyl (C=O) groups excluding carboxylic acids is 2. The lowest BCUT2D eigenvalue weighted by atomic mass is 9.76. The normalized spacial score (nSPS) is 25.4. The summed E-state index contributed by atoms with van der Waals surface area (Å²) in [5.74, 6) is 0.240. The van der Waals surface area contributed by atoms with Gasteiger partial charge >= 0.3 is 0 Å². The predicted octanol–water partition coefficient (Wildman–Crippen LogP) is 3.65. The van der Waals surface area contributed by atoms with Crippen molar-refractivity contribution in [1.82, 2.24) is 15.3 Å². The molecule has 32 heavy (non-hydrogen) atoms. The molecule has 2 fully saturated rings. The highest BCUT2D eigenvalue weighted by Gasteiger charge is 2.45. The Hall–Kier alpha value is -2.70. The fourth-order valence-electron chi connectivity index (χ4n) is 5.82. The van der Waals surface area contributed by atoms with Crippen molar-refractivity contribution in [3.05, 3.63) is 70.8 Å². The quantitative estimate of drug-likeness (QED) is 0.748. The summed E-state index contributed by atoms with van der Waals surface area (Å²) in [6, 6.07) is 15.9. The Morgan fingerprint density at radius 1 is 1.19 bits per heavy atom. The van der Waals surface area contributed by atoms with Crippen molar-refractivity contribution in [3.63, 3.8) is 0 Å². The Balaban J connectivity index is 1.46. The average molecular weight is 434 g/mol. The van der Waals surface area contributed by atoms with Gasteiger partial charge in [0.05, 0.1) is 25.1 Å². The fraction of sp³-hybridized carbons (Fsp3) is 0.462. The minimum absolute atomic E-state index is 0.0355. The minimum atomic E-state index is -0.215. The van der Waals surface area contributed by atoms with Gasteiger partial charge in [0.2, 0.25) is 5.91 Å². The van der Waals surface area contributed by atoms with E-state index < -0.39 is 0 Å². The number of piperidine rings is 2. The van der Waals surface area contributed by atoms with Crippen LogP contribution in [0, 0.1) is 5.92 Å². The van der Waals surface area contributed by atoms with E-state index in [0.717, 1.165) is 42.5 Å². The first-order chi connectivity index (χ1) is 15.6. The van der Waals surface area contributed by atoms with Gasteiger partial charge < -0.3 is 10.2 Å². The van der Waals surface area contributed by atoms with Crippen molar-refractivity contribution < 1.29 is 14.4 Å². The Bertz CT molecular complexity index is 1010. The van der Waals surface area contributed by atoms with Crippen molar-refractivity contribution in [2.45, 2.75) is 50.7 Å². The second-order valence-electron chi connectivity index (χ2n) is 9.12. The van der Waals surface area contributed by atoms with Crippen LogP contribution in [-0.4, -0.2) is 48.0 Å². The number of amides is 2. The zero-order chi connectivity index (χ0) is 22.2. The highest BCUT2D eigenvalue weighted by Crippen LogP contribution is 2.42. The van der Waals surface area contributed by atoms with E-state index in [2.05, 4.69) is 16.3 Å². The van der Waals surface area contributed by atoms with Crippen LogP contribution in [0.4, 0.5) is 0 Å². The molecule has 2 aromatic rings. The Labute approximate surface area is 189 Å². The predicted molar refractivity (Wildman–Crippen MR) is 122 cm³/mol. The molecule has 0 aromatic heterocycles. The van der Waals surface area contributed by atoms with Gasteiger partial charge in [0.15, 0.2) is 0 Å². The zero-order valence-electron chi connectivity index (χ0n) is 18.8. The molecule has 6 nitrogen and oxygen atoms in total. The largest absolute Gasteiger partial charge is 0.335 e. The molecule has 2 amide bonds. The van der Waals surface area contributed by atoms with E-state index in [4.69, 9.17) is 4.84 Å². The lowest BCUT2D eigenvalue weighted by Gasteiger charge is -2.48. The number of nitrogens with zero attached hydrogens (tertiary/aromatic N) is 2. The van der Waals surface area contributed by atoms with E-state index in [1.807, 2.05) is 49.4 Å². The maximum atomic E-state index is 13.6. The van der Waals surface area contributed by atoms with Crippen molar-refractivity contribution in [2.75, 3.05) is 20.2 Å². The van der Waals surface area contributed by atoms with Crippen molar-refractivity contribution >= 4 is 11.8 Å². The average Bonchev–Trinajstić information content (AvgIpc) is 2.84. The van der Waals surface area contributed by atoms with Crippen LogP contribution in [0.1, 0.15) is 65.3 Å². The van der Waals surface area contributed by atoms with Gasteiger partial charge in [-0.2, -0.15) is 0 Å². The van der Waals surface area contributed by atoms with E-state index in [9.17, 15) is 9.59 Å². The summed E-state index contributed by atoms with van der Waals surface area (Å²) in [5, 5.41) is 5.03. The Kier molecular flexibility index (Phi) is 5.74. The summed E-state index contributed by atoms with van der Waals surface area (Å²) in [6.45, 7) is 3.63. The van der Waals surface area contributed by atoms with E-state index in [-0.39, 0.29) is 35.9 Å². The molecule has 2 aromatic carbocycles. The van der Waals surface area contributed by atoms with Gasteiger partial charge in [0, 0.05) is 18.2 Å². The third-order valence-electron chi connectivity index (χ3n) is 7.47. The first kappa shape index (κ1) is 21.2. The molecule has 3 aliphatic rings. The third-order valence-corrected chi connectivity index (χ3v) is 7.47. The first-order valence-corrected chi connectivity index (χ1v) is 11.7. The molecular weight excluding hydrogens is 402 g/mol. The highest BCUT2D eigenvalue weighted by atomic mass is 16.7. The second kappa shape index (κ2) is 8.68. The maximum absolute atomic E-state index is 13.6. The number of rotatable bonds is 4.